The van der Waals surface area contributed by atoms with E-state index in [0.717, 1.165) is 23.8 Å². The normalized spacial score (nSPS) is 19.0. The number of halogens is 1. The minimum absolute atomic E-state index is 0. The molecule has 0 saturated carbocycles. The summed E-state index contributed by atoms with van der Waals surface area (Å²) in [6, 6.07) is 7.79. The first-order chi connectivity index (χ1) is 11.3. The second-order valence-corrected chi connectivity index (χ2v) is 9.26. The first kappa shape index (κ1) is 22.0. The highest BCUT2D eigenvalue weighted by Crippen LogP contribution is 2.23. The van der Waals surface area contributed by atoms with Gasteiger partial charge in [-0.25, -0.2) is 13.4 Å². The van der Waals surface area contributed by atoms with Gasteiger partial charge in [0, 0.05) is 19.6 Å². The second kappa shape index (κ2) is 9.07. The molecule has 0 bridgehead atoms. The third-order valence-corrected chi connectivity index (χ3v) is 6.78. The van der Waals surface area contributed by atoms with Gasteiger partial charge in [0.2, 0.25) is 0 Å². The molecule has 25 heavy (non-hydrogen) atoms. The van der Waals surface area contributed by atoms with Crippen molar-refractivity contribution < 1.29 is 13.2 Å². The van der Waals surface area contributed by atoms with Gasteiger partial charge in [-0.15, -0.1) is 24.0 Å². The minimum atomic E-state index is -3.06. The van der Waals surface area contributed by atoms with E-state index in [-0.39, 0.29) is 29.7 Å². The van der Waals surface area contributed by atoms with E-state index in [0.29, 0.717) is 19.6 Å². The molecule has 1 N–H and O–H groups in total. The van der Waals surface area contributed by atoms with Gasteiger partial charge >= 0.3 is 0 Å². The van der Waals surface area contributed by atoms with Crippen LogP contribution in [0.3, 0.4) is 0 Å². The van der Waals surface area contributed by atoms with Crippen molar-refractivity contribution in [3.8, 4) is 5.75 Å². The molecule has 6 nitrogen and oxygen atoms in total. The van der Waals surface area contributed by atoms with Gasteiger partial charge in [0.25, 0.3) is 0 Å². The van der Waals surface area contributed by atoms with Gasteiger partial charge < -0.3 is 15.0 Å². The average molecular weight is 481 g/mol. The predicted molar refractivity (Wildman–Crippen MR) is 113 cm³/mol. The van der Waals surface area contributed by atoms with E-state index in [2.05, 4.69) is 10.3 Å². The first-order valence-electron chi connectivity index (χ1n) is 8.17. The second-order valence-electron chi connectivity index (χ2n) is 6.52. The number of nitrogens with one attached hydrogen (secondary N) is 1. The Balaban J connectivity index is 0.00000312. The van der Waals surface area contributed by atoms with Crippen molar-refractivity contribution in [3.05, 3.63) is 29.8 Å². The van der Waals surface area contributed by atoms with Crippen molar-refractivity contribution in [1.82, 2.24) is 10.2 Å². The third-order valence-electron chi connectivity index (χ3n) is 4.25. The number of benzene rings is 1. The van der Waals surface area contributed by atoms with Gasteiger partial charge in [-0.3, -0.25) is 0 Å². The number of rotatable bonds is 4. The molecule has 0 aliphatic carbocycles. The summed E-state index contributed by atoms with van der Waals surface area (Å²) >= 11 is 0. The summed E-state index contributed by atoms with van der Waals surface area (Å²) in [4.78, 5) is 6.71. The zero-order chi connectivity index (χ0) is 17.8. The number of ether oxygens (including phenoxy) is 1. The van der Waals surface area contributed by atoms with Crippen LogP contribution < -0.4 is 10.1 Å². The van der Waals surface area contributed by atoms with Crippen LogP contribution in [-0.2, 0) is 16.4 Å². The van der Waals surface area contributed by atoms with Crippen LogP contribution >= 0.6 is 24.0 Å². The monoisotopic (exact) mass is 481 g/mol. The molecule has 2 rings (SSSR count). The Hall–Kier alpha value is -1.03. The van der Waals surface area contributed by atoms with E-state index in [9.17, 15) is 8.42 Å². The lowest BCUT2D eigenvalue weighted by atomic mass is 10.2. The molecule has 1 saturated heterocycles. The van der Waals surface area contributed by atoms with Crippen LogP contribution in [-0.4, -0.2) is 56.5 Å². The summed E-state index contributed by atoms with van der Waals surface area (Å²) in [7, 11) is -1.41. The Kier molecular flexibility index (Phi) is 7.98. The molecule has 0 atom stereocenters. The van der Waals surface area contributed by atoms with Crippen molar-refractivity contribution >= 4 is 39.8 Å². The van der Waals surface area contributed by atoms with E-state index >= 15 is 0 Å². The maximum Gasteiger partial charge on any atom is 0.194 e. The summed E-state index contributed by atoms with van der Waals surface area (Å²) in [5, 5.41) is 3.27. The summed E-state index contributed by atoms with van der Waals surface area (Å²) < 4.78 is 28.7. The molecule has 8 heteroatoms. The van der Waals surface area contributed by atoms with Crippen LogP contribution in [0.2, 0.25) is 0 Å². The molecule has 0 radical (unpaired) electrons. The van der Waals surface area contributed by atoms with Crippen molar-refractivity contribution in [1.29, 1.82) is 0 Å². The molecule has 0 amide bonds. The molecule has 0 aromatic heterocycles. The average Bonchev–Trinajstić information content (AvgIpc) is 2.54. The lowest BCUT2D eigenvalue weighted by Crippen LogP contribution is -2.57. The topological polar surface area (TPSA) is 71.0 Å². The standard InChI is InChI=1S/C17H27N3O3S.HI/c1-5-18-16(19-12-14-6-8-15(23-4)9-7-14)20-10-11-24(21,22)17(2,3)13-20;/h6-9H,5,10-13H2,1-4H3,(H,18,19);1H. The van der Waals surface area contributed by atoms with Crippen molar-refractivity contribution in [2.24, 2.45) is 4.99 Å². The van der Waals surface area contributed by atoms with Crippen LogP contribution in [0.1, 0.15) is 26.3 Å². The highest BCUT2D eigenvalue weighted by Gasteiger charge is 2.40. The molecule has 1 fully saturated rings. The van der Waals surface area contributed by atoms with Gasteiger partial charge in [0.05, 0.1) is 24.2 Å². The Morgan fingerprint density at radius 3 is 2.48 bits per heavy atom. The van der Waals surface area contributed by atoms with Gasteiger partial charge in [0.1, 0.15) is 5.75 Å². The molecule has 1 aliphatic rings. The summed E-state index contributed by atoms with van der Waals surface area (Å²) in [6.45, 7) is 7.77. The van der Waals surface area contributed by atoms with Crippen LogP contribution in [0, 0.1) is 0 Å². The molecule has 1 heterocycles. The summed E-state index contributed by atoms with van der Waals surface area (Å²) in [5.41, 5.74) is 1.08. The number of methoxy groups -OCH3 is 1. The Morgan fingerprint density at radius 1 is 1.32 bits per heavy atom. The lowest BCUT2D eigenvalue weighted by molar-refractivity contribution is 0.353. The summed E-state index contributed by atoms with van der Waals surface area (Å²) in [6.07, 6.45) is 0. The van der Waals surface area contributed by atoms with Gasteiger partial charge in [-0.2, -0.15) is 0 Å². The van der Waals surface area contributed by atoms with Crippen LogP contribution in [0.25, 0.3) is 0 Å². The Bertz CT molecular complexity index is 688. The molecule has 1 aliphatic heterocycles. The molecule has 142 valence electrons. The number of guanidine groups is 1. The zero-order valence-electron chi connectivity index (χ0n) is 15.3. The SMILES string of the molecule is CCNC(=NCc1ccc(OC)cc1)N1CCS(=O)(=O)C(C)(C)C1.I. The molecular weight excluding hydrogens is 453 g/mol. The van der Waals surface area contributed by atoms with Crippen LogP contribution in [0.5, 0.6) is 5.75 Å². The van der Waals surface area contributed by atoms with E-state index in [1.807, 2.05) is 36.1 Å². The van der Waals surface area contributed by atoms with Crippen molar-refractivity contribution in [3.63, 3.8) is 0 Å². The molecule has 1 aromatic rings. The molecular formula is C17H28IN3O3S. The zero-order valence-corrected chi connectivity index (χ0v) is 18.4. The molecule has 0 spiro atoms. The van der Waals surface area contributed by atoms with Gasteiger partial charge in [-0.1, -0.05) is 12.1 Å². The Morgan fingerprint density at radius 2 is 1.96 bits per heavy atom. The van der Waals surface area contributed by atoms with Gasteiger partial charge in [-0.05, 0) is 38.5 Å². The Labute approximate surface area is 168 Å². The van der Waals surface area contributed by atoms with Gasteiger partial charge in [0.15, 0.2) is 15.8 Å². The maximum absolute atomic E-state index is 12.2. The smallest absolute Gasteiger partial charge is 0.194 e. The maximum atomic E-state index is 12.2. The molecule has 1 aromatic carbocycles. The van der Waals surface area contributed by atoms with E-state index in [4.69, 9.17) is 4.74 Å². The molecule has 0 unspecified atom stereocenters. The fourth-order valence-electron chi connectivity index (χ4n) is 2.65. The first-order valence-corrected chi connectivity index (χ1v) is 9.83. The largest absolute Gasteiger partial charge is 0.497 e. The number of aliphatic imine (C=N–C) groups is 1. The van der Waals surface area contributed by atoms with E-state index in [1.54, 1.807) is 21.0 Å². The number of hydrogen-bond donors (Lipinski definition) is 1. The fraction of sp³-hybridized carbons (Fsp3) is 0.588. The van der Waals surface area contributed by atoms with Crippen molar-refractivity contribution in [2.75, 3.05) is 32.5 Å². The third kappa shape index (κ3) is 5.47. The highest BCUT2D eigenvalue weighted by atomic mass is 127. The predicted octanol–water partition coefficient (Wildman–Crippen LogP) is 2.29. The number of nitrogens with zero attached hydrogens (tertiary/aromatic N) is 2. The number of hydrogen-bond acceptors (Lipinski definition) is 4. The quantitative estimate of drug-likeness (QED) is 0.406. The lowest BCUT2D eigenvalue weighted by Gasteiger charge is -2.39. The number of sulfone groups is 1. The van der Waals surface area contributed by atoms with E-state index in [1.165, 1.54) is 0 Å². The van der Waals surface area contributed by atoms with Crippen molar-refractivity contribution in [2.45, 2.75) is 32.1 Å². The highest BCUT2D eigenvalue weighted by molar-refractivity contribution is 14.0. The minimum Gasteiger partial charge on any atom is -0.497 e. The van der Waals surface area contributed by atoms with E-state index < -0.39 is 14.6 Å². The fourth-order valence-corrected chi connectivity index (χ4v) is 4.01. The van der Waals surface area contributed by atoms with Crippen LogP contribution in [0.4, 0.5) is 0 Å². The van der Waals surface area contributed by atoms with Crippen LogP contribution in [0.15, 0.2) is 29.3 Å². The summed E-state index contributed by atoms with van der Waals surface area (Å²) in [5.74, 6) is 1.74.